The van der Waals surface area contributed by atoms with E-state index in [2.05, 4.69) is 22.1 Å². The smallest absolute Gasteiger partial charge is 0.232 e. The van der Waals surface area contributed by atoms with E-state index in [1.807, 2.05) is 12.2 Å². The molecule has 0 fully saturated rings. The van der Waals surface area contributed by atoms with Gasteiger partial charge in [0.1, 0.15) is 0 Å². The number of aromatic nitrogens is 2. The second-order valence-corrected chi connectivity index (χ2v) is 3.07. The van der Waals surface area contributed by atoms with Crippen molar-refractivity contribution in [3.63, 3.8) is 0 Å². The lowest BCUT2D eigenvalue weighted by Gasteiger charge is -2.07. The van der Waals surface area contributed by atoms with Gasteiger partial charge in [0.2, 0.25) is 5.88 Å². The summed E-state index contributed by atoms with van der Waals surface area (Å²) in [6.45, 7) is 0. The maximum absolute atomic E-state index is 5.04. The predicted molar refractivity (Wildman–Crippen MR) is 54.3 cm³/mol. The lowest BCUT2D eigenvalue weighted by atomic mass is 10.1. The SMILES string of the molecule is COc1cnc2c(n1)C/C=C\C=CC2. The van der Waals surface area contributed by atoms with Crippen LogP contribution in [-0.2, 0) is 12.8 Å². The number of hydrogen-bond donors (Lipinski definition) is 0. The molecule has 3 nitrogen and oxygen atoms in total. The van der Waals surface area contributed by atoms with Crippen LogP contribution in [0.1, 0.15) is 11.4 Å². The fourth-order valence-electron chi connectivity index (χ4n) is 1.38. The molecule has 0 aliphatic heterocycles. The lowest BCUT2D eigenvalue weighted by molar-refractivity contribution is 0.393. The van der Waals surface area contributed by atoms with Gasteiger partial charge in [-0.05, 0) is 0 Å². The summed E-state index contributed by atoms with van der Waals surface area (Å²) in [4.78, 5) is 8.68. The molecule has 72 valence electrons. The Hall–Kier alpha value is -1.64. The molecule has 0 radical (unpaired) electrons. The first-order valence-corrected chi connectivity index (χ1v) is 4.60. The van der Waals surface area contributed by atoms with Crippen molar-refractivity contribution in [2.75, 3.05) is 7.11 Å². The topological polar surface area (TPSA) is 35.0 Å². The molecule has 0 N–H and O–H groups in total. The molecule has 0 atom stereocenters. The molecule has 1 aliphatic carbocycles. The van der Waals surface area contributed by atoms with E-state index in [1.165, 1.54) is 0 Å². The number of methoxy groups -OCH3 is 1. The van der Waals surface area contributed by atoms with Crippen LogP contribution in [0.3, 0.4) is 0 Å². The Bertz CT molecular complexity index is 383. The summed E-state index contributed by atoms with van der Waals surface area (Å²) in [5, 5.41) is 0. The van der Waals surface area contributed by atoms with Crippen LogP contribution in [0.4, 0.5) is 0 Å². The van der Waals surface area contributed by atoms with Crippen LogP contribution >= 0.6 is 0 Å². The normalized spacial score (nSPS) is 16.6. The summed E-state index contributed by atoms with van der Waals surface area (Å²) in [5.41, 5.74) is 2.04. The summed E-state index contributed by atoms with van der Waals surface area (Å²) in [5.74, 6) is 0.585. The van der Waals surface area contributed by atoms with Gasteiger partial charge < -0.3 is 4.74 Å². The Morgan fingerprint density at radius 2 is 1.86 bits per heavy atom. The number of rotatable bonds is 1. The summed E-state index contributed by atoms with van der Waals surface area (Å²) < 4.78 is 5.04. The monoisotopic (exact) mass is 188 g/mol. The summed E-state index contributed by atoms with van der Waals surface area (Å²) in [6, 6.07) is 0. The Labute approximate surface area is 83.2 Å². The first-order valence-electron chi connectivity index (χ1n) is 4.60. The molecule has 14 heavy (non-hydrogen) atoms. The molecule has 0 aromatic carbocycles. The van der Waals surface area contributed by atoms with Gasteiger partial charge in [0.05, 0.1) is 24.7 Å². The van der Waals surface area contributed by atoms with Crippen LogP contribution < -0.4 is 4.74 Å². The van der Waals surface area contributed by atoms with Crippen LogP contribution in [0, 0.1) is 0 Å². The zero-order valence-electron chi connectivity index (χ0n) is 8.10. The fraction of sp³-hybridized carbons (Fsp3) is 0.273. The van der Waals surface area contributed by atoms with Crippen LogP contribution in [0.2, 0.25) is 0 Å². The number of nitrogens with zero attached hydrogens (tertiary/aromatic N) is 2. The van der Waals surface area contributed by atoms with Gasteiger partial charge in [-0.25, -0.2) is 4.98 Å². The molecule has 0 unspecified atom stereocenters. The van der Waals surface area contributed by atoms with E-state index in [4.69, 9.17) is 4.74 Å². The second kappa shape index (κ2) is 4.05. The van der Waals surface area contributed by atoms with Gasteiger partial charge in [-0.15, -0.1) is 0 Å². The Morgan fingerprint density at radius 1 is 1.14 bits per heavy atom. The highest BCUT2D eigenvalue weighted by molar-refractivity contribution is 5.24. The Kier molecular flexibility index (Phi) is 2.58. The molecule has 1 aromatic heterocycles. The van der Waals surface area contributed by atoms with Gasteiger partial charge >= 0.3 is 0 Å². The third kappa shape index (κ3) is 1.82. The minimum absolute atomic E-state index is 0.585. The van der Waals surface area contributed by atoms with Crippen molar-refractivity contribution >= 4 is 0 Å². The quantitative estimate of drug-likeness (QED) is 0.672. The van der Waals surface area contributed by atoms with Crippen molar-refractivity contribution in [3.8, 4) is 5.88 Å². The molecule has 0 amide bonds. The minimum atomic E-state index is 0.585. The summed E-state index contributed by atoms with van der Waals surface area (Å²) in [7, 11) is 1.61. The van der Waals surface area contributed by atoms with Crippen LogP contribution in [-0.4, -0.2) is 17.1 Å². The third-order valence-corrected chi connectivity index (χ3v) is 2.12. The van der Waals surface area contributed by atoms with Gasteiger partial charge in [0, 0.05) is 12.8 Å². The standard InChI is InChI=1S/C11H12N2O/c1-14-11-8-12-9-6-4-2-3-5-7-10(9)13-11/h2-5,8H,6-7H2,1H3/b4-2?,5-3-. The van der Waals surface area contributed by atoms with E-state index >= 15 is 0 Å². The molecule has 1 aromatic rings. The zero-order valence-corrected chi connectivity index (χ0v) is 8.10. The largest absolute Gasteiger partial charge is 0.480 e. The molecule has 1 aliphatic rings. The molecular weight excluding hydrogens is 176 g/mol. The van der Waals surface area contributed by atoms with E-state index in [0.717, 1.165) is 24.2 Å². The first kappa shape index (κ1) is 8.94. The molecule has 0 bridgehead atoms. The van der Waals surface area contributed by atoms with Crippen molar-refractivity contribution in [2.24, 2.45) is 0 Å². The highest BCUT2D eigenvalue weighted by Gasteiger charge is 2.06. The van der Waals surface area contributed by atoms with E-state index in [1.54, 1.807) is 13.3 Å². The van der Waals surface area contributed by atoms with Crippen molar-refractivity contribution in [3.05, 3.63) is 41.9 Å². The molecular formula is C11H12N2O. The van der Waals surface area contributed by atoms with Gasteiger partial charge in [-0.1, -0.05) is 24.3 Å². The average molecular weight is 188 g/mol. The van der Waals surface area contributed by atoms with Crippen molar-refractivity contribution in [1.29, 1.82) is 0 Å². The molecule has 0 spiro atoms. The molecule has 0 saturated heterocycles. The minimum Gasteiger partial charge on any atom is -0.480 e. The number of fused-ring (bicyclic) bond motifs is 1. The summed E-state index contributed by atoms with van der Waals surface area (Å²) in [6.07, 6.45) is 11.6. The molecule has 2 rings (SSSR count). The summed E-state index contributed by atoms with van der Waals surface area (Å²) >= 11 is 0. The maximum atomic E-state index is 5.04. The highest BCUT2D eigenvalue weighted by atomic mass is 16.5. The maximum Gasteiger partial charge on any atom is 0.232 e. The number of ether oxygens (including phenoxy) is 1. The van der Waals surface area contributed by atoms with Gasteiger partial charge in [0.25, 0.3) is 0 Å². The molecule has 3 heteroatoms. The zero-order chi connectivity index (χ0) is 9.80. The van der Waals surface area contributed by atoms with E-state index in [9.17, 15) is 0 Å². The average Bonchev–Trinajstić information content (AvgIpc) is 2.18. The second-order valence-electron chi connectivity index (χ2n) is 3.07. The Morgan fingerprint density at radius 3 is 2.57 bits per heavy atom. The van der Waals surface area contributed by atoms with Crippen molar-refractivity contribution in [2.45, 2.75) is 12.8 Å². The number of allylic oxidation sites excluding steroid dienone is 4. The highest BCUT2D eigenvalue weighted by Crippen LogP contribution is 2.13. The third-order valence-electron chi connectivity index (χ3n) is 2.12. The van der Waals surface area contributed by atoms with Gasteiger partial charge in [-0.3, -0.25) is 4.98 Å². The van der Waals surface area contributed by atoms with E-state index in [0.29, 0.717) is 5.88 Å². The fourth-order valence-corrected chi connectivity index (χ4v) is 1.38. The van der Waals surface area contributed by atoms with Crippen LogP contribution in [0.5, 0.6) is 5.88 Å². The van der Waals surface area contributed by atoms with Crippen molar-refractivity contribution in [1.82, 2.24) is 9.97 Å². The Balaban J connectivity index is 2.38. The molecule has 0 saturated carbocycles. The van der Waals surface area contributed by atoms with Gasteiger partial charge in [-0.2, -0.15) is 0 Å². The molecule has 1 heterocycles. The first-order chi connectivity index (χ1) is 6.90. The predicted octanol–water partition coefficient (Wildman–Crippen LogP) is 1.70. The van der Waals surface area contributed by atoms with Crippen LogP contribution in [0.15, 0.2) is 30.5 Å². The van der Waals surface area contributed by atoms with E-state index < -0.39 is 0 Å². The van der Waals surface area contributed by atoms with Crippen LogP contribution in [0.25, 0.3) is 0 Å². The van der Waals surface area contributed by atoms with Gasteiger partial charge in [0.15, 0.2) is 0 Å². The van der Waals surface area contributed by atoms with Crippen molar-refractivity contribution < 1.29 is 4.74 Å². The lowest BCUT2D eigenvalue weighted by Crippen LogP contribution is -2.02. The van der Waals surface area contributed by atoms with E-state index in [-0.39, 0.29) is 0 Å². The number of hydrogen-bond acceptors (Lipinski definition) is 3.